The van der Waals surface area contributed by atoms with Crippen LogP contribution in [0.4, 0.5) is 0 Å². The van der Waals surface area contributed by atoms with Gasteiger partial charge in [-0.05, 0) is 18.0 Å². The number of rotatable bonds is 5. The molecule has 1 rings (SSSR count). The minimum absolute atomic E-state index is 0.102. The molecule has 1 aromatic heterocycles. The van der Waals surface area contributed by atoms with Crippen molar-refractivity contribution in [3.05, 3.63) is 9.47 Å². The van der Waals surface area contributed by atoms with E-state index in [-0.39, 0.29) is 22.7 Å². The molecule has 0 saturated carbocycles. The number of halogens is 1. The number of nitrogens with zero attached hydrogens (tertiary/aromatic N) is 2. The molecule has 1 amide bonds. The minimum Gasteiger partial charge on any atom is -0.394 e. The molecule has 8 heteroatoms. The van der Waals surface area contributed by atoms with Gasteiger partial charge in [-0.2, -0.15) is 0 Å². The number of carbonyl (C=O) groups excluding carboxylic acids is 1. The van der Waals surface area contributed by atoms with Gasteiger partial charge in [-0.25, -0.2) is 0 Å². The molecule has 3 N–H and O–H groups in total. The Hall–Kier alpha value is -0.760. The van der Waals surface area contributed by atoms with Crippen LogP contribution in [0.2, 0.25) is 4.47 Å². The summed E-state index contributed by atoms with van der Waals surface area (Å²) in [7, 11) is 0. The molecule has 6 nitrogen and oxygen atoms in total. The second kappa shape index (κ2) is 5.53. The summed E-state index contributed by atoms with van der Waals surface area (Å²) in [6, 6.07) is 0. The average Bonchev–Trinajstić information content (AvgIpc) is 2.73. The van der Waals surface area contributed by atoms with Gasteiger partial charge in [0, 0.05) is 0 Å². The van der Waals surface area contributed by atoms with E-state index in [0.29, 0.717) is 6.42 Å². The topological polar surface area (TPSA) is 95.3 Å². The molecular weight excluding hydrogens is 254 g/mol. The van der Waals surface area contributed by atoms with E-state index < -0.39 is 11.4 Å². The molecule has 90 valence electrons. The molecule has 0 saturated heterocycles. The SMILES string of the molecule is CCC(CO)(CO)NC(=O)c1nnc(Cl)s1. The zero-order valence-corrected chi connectivity index (χ0v) is 10.2. The van der Waals surface area contributed by atoms with Gasteiger partial charge < -0.3 is 15.5 Å². The lowest BCUT2D eigenvalue weighted by atomic mass is 9.98. The van der Waals surface area contributed by atoms with Crippen molar-refractivity contribution in [2.45, 2.75) is 18.9 Å². The summed E-state index contributed by atoms with van der Waals surface area (Å²) >= 11 is 6.48. The second-order valence-electron chi connectivity index (χ2n) is 3.26. The third-order valence-electron chi connectivity index (χ3n) is 2.26. The number of aromatic nitrogens is 2. The van der Waals surface area contributed by atoms with Gasteiger partial charge in [0.1, 0.15) is 0 Å². The van der Waals surface area contributed by atoms with Gasteiger partial charge in [-0.3, -0.25) is 4.79 Å². The average molecular weight is 266 g/mol. The fourth-order valence-electron chi connectivity index (χ4n) is 1.03. The number of aliphatic hydroxyl groups is 2. The van der Waals surface area contributed by atoms with E-state index >= 15 is 0 Å². The molecule has 1 heterocycles. The first kappa shape index (κ1) is 13.3. The van der Waals surface area contributed by atoms with Crippen molar-refractivity contribution in [1.29, 1.82) is 0 Å². The van der Waals surface area contributed by atoms with Crippen LogP contribution in [0.3, 0.4) is 0 Å². The van der Waals surface area contributed by atoms with Crippen LogP contribution in [0.1, 0.15) is 23.1 Å². The number of nitrogens with one attached hydrogen (secondary N) is 1. The van der Waals surface area contributed by atoms with Crippen LogP contribution in [0.15, 0.2) is 0 Å². The molecule has 0 aliphatic heterocycles. The lowest BCUT2D eigenvalue weighted by molar-refractivity contribution is 0.0652. The van der Waals surface area contributed by atoms with Crippen molar-refractivity contribution in [3.8, 4) is 0 Å². The van der Waals surface area contributed by atoms with Crippen LogP contribution < -0.4 is 5.32 Å². The fourth-order valence-corrected chi connectivity index (χ4v) is 1.76. The summed E-state index contributed by atoms with van der Waals surface area (Å²) in [6.07, 6.45) is 0.401. The molecular formula is C8H12ClN3O3S. The molecule has 0 bridgehead atoms. The Morgan fingerprint density at radius 1 is 1.50 bits per heavy atom. The smallest absolute Gasteiger partial charge is 0.282 e. The second-order valence-corrected chi connectivity index (χ2v) is 4.82. The highest BCUT2D eigenvalue weighted by Gasteiger charge is 2.30. The Balaban J connectivity index is 2.76. The monoisotopic (exact) mass is 265 g/mol. The Morgan fingerprint density at radius 3 is 2.50 bits per heavy atom. The highest BCUT2D eigenvalue weighted by molar-refractivity contribution is 7.17. The lowest BCUT2D eigenvalue weighted by Crippen LogP contribution is -2.53. The van der Waals surface area contributed by atoms with Crippen LogP contribution >= 0.6 is 22.9 Å². The van der Waals surface area contributed by atoms with Crippen LogP contribution in [0, 0.1) is 0 Å². The van der Waals surface area contributed by atoms with Gasteiger partial charge in [0.15, 0.2) is 0 Å². The minimum atomic E-state index is -1.03. The molecule has 1 aromatic rings. The largest absolute Gasteiger partial charge is 0.394 e. The number of carbonyl (C=O) groups is 1. The van der Waals surface area contributed by atoms with Gasteiger partial charge in [0.2, 0.25) is 9.47 Å². The standard InChI is InChI=1S/C8H12ClN3O3S/c1-2-8(3-13,4-14)10-5(15)6-11-12-7(9)16-6/h13-14H,2-4H2,1H3,(H,10,15). The molecule has 0 unspecified atom stereocenters. The highest BCUT2D eigenvalue weighted by Crippen LogP contribution is 2.16. The van der Waals surface area contributed by atoms with E-state index in [2.05, 4.69) is 15.5 Å². The normalized spacial score (nSPS) is 11.5. The lowest BCUT2D eigenvalue weighted by Gasteiger charge is -2.28. The predicted molar refractivity (Wildman–Crippen MR) is 59.6 cm³/mol. The van der Waals surface area contributed by atoms with Crippen LogP contribution in [-0.4, -0.2) is 45.1 Å². The molecule has 0 fully saturated rings. The summed E-state index contributed by atoms with van der Waals surface area (Å²) in [6.45, 7) is 1.05. The highest BCUT2D eigenvalue weighted by atomic mass is 35.5. The summed E-state index contributed by atoms with van der Waals surface area (Å²) in [4.78, 5) is 11.7. The van der Waals surface area contributed by atoms with Crippen molar-refractivity contribution < 1.29 is 15.0 Å². The Bertz CT molecular complexity index is 359. The van der Waals surface area contributed by atoms with E-state index in [1.807, 2.05) is 0 Å². The molecule has 0 aliphatic rings. The quantitative estimate of drug-likeness (QED) is 0.699. The molecule has 0 radical (unpaired) electrons. The molecule has 0 spiro atoms. The Labute approximate surface area is 101 Å². The first-order valence-corrected chi connectivity index (χ1v) is 5.79. The molecule has 0 aliphatic carbocycles. The first-order valence-electron chi connectivity index (χ1n) is 4.60. The van der Waals surface area contributed by atoms with Crippen LogP contribution in [0.25, 0.3) is 0 Å². The van der Waals surface area contributed by atoms with Crippen molar-refractivity contribution in [2.75, 3.05) is 13.2 Å². The summed E-state index contributed by atoms with van der Waals surface area (Å²) in [5.41, 5.74) is -1.03. The maximum absolute atomic E-state index is 11.7. The van der Waals surface area contributed by atoms with Crippen LogP contribution in [-0.2, 0) is 0 Å². The van der Waals surface area contributed by atoms with Gasteiger partial charge >= 0.3 is 0 Å². The van der Waals surface area contributed by atoms with Crippen molar-refractivity contribution >= 4 is 28.8 Å². The number of hydrogen-bond acceptors (Lipinski definition) is 6. The van der Waals surface area contributed by atoms with Crippen molar-refractivity contribution in [3.63, 3.8) is 0 Å². The molecule has 0 aromatic carbocycles. The zero-order valence-electron chi connectivity index (χ0n) is 8.60. The van der Waals surface area contributed by atoms with Crippen LogP contribution in [0.5, 0.6) is 0 Å². The van der Waals surface area contributed by atoms with E-state index in [1.165, 1.54) is 0 Å². The fraction of sp³-hybridized carbons (Fsp3) is 0.625. The van der Waals surface area contributed by atoms with Crippen molar-refractivity contribution in [2.24, 2.45) is 0 Å². The van der Waals surface area contributed by atoms with E-state index in [9.17, 15) is 4.79 Å². The van der Waals surface area contributed by atoms with E-state index in [0.717, 1.165) is 11.3 Å². The van der Waals surface area contributed by atoms with Crippen molar-refractivity contribution in [1.82, 2.24) is 15.5 Å². The van der Waals surface area contributed by atoms with Gasteiger partial charge in [0.05, 0.1) is 18.8 Å². The maximum Gasteiger partial charge on any atom is 0.282 e. The Morgan fingerprint density at radius 2 is 2.12 bits per heavy atom. The zero-order chi connectivity index (χ0) is 12.2. The van der Waals surface area contributed by atoms with Gasteiger partial charge in [-0.15, -0.1) is 10.2 Å². The Kier molecular flexibility index (Phi) is 4.60. The molecule has 16 heavy (non-hydrogen) atoms. The number of amides is 1. The van der Waals surface area contributed by atoms with Gasteiger partial charge in [-0.1, -0.05) is 18.3 Å². The van der Waals surface area contributed by atoms with Gasteiger partial charge in [0.25, 0.3) is 5.91 Å². The number of hydrogen-bond donors (Lipinski definition) is 3. The summed E-state index contributed by atoms with van der Waals surface area (Å²) < 4.78 is 0.167. The third kappa shape index (κ3) is 2.88. The summed E-state index contributed by atoms with van der Waals surface area (Å²) in [5.74, 6) is -0.505. The maximum atomic E-state index is 11.7. The van der Waals surface area contributed by atoms with E-state index in [1.54, 1.807) is 6.92 Å². The predicted octanol–water partition coefficient (Wildman–Crippen LogP) is 0.0547. The number of aliphatic hydroxyl groups excluding tert-OH is 2. The van der Waals surface area contributed by atoms with E-state index in [4.69, 9.17) is 21.8 Å². The molecule has 0 atom stereocenters. The summed E-state index contributed by atoms with van der Waals surface area (Å²) in [5, 5.41) is 28.0. The third-order valence-corrected chi connectivity index (χ3v) is 3.27. The first-order chi connectivity index (χ1) is 7.56.